The minimum Gasteiger partial charge on any atom is -0.493 e. The Hall–Kier alpha value is -2.28. The summed E-state index contributed by atoms with van der Waals surface area (Å²) in [6.07, 6.45) is 2.72. The van der Waals surface area contributed by atoms with Gasteiger partial charge >= 0.3 is 6.03 Å². The zero-order chi connectivity index (χ0) is 18.6. The topological polar surface area (TPSA) is 71.1 Å². The number of nitrogens with zero attached hydrogens (tertiary/aromatic N) is 2. The van der Waals surface area contributed by atoms with Crippen molar-refractivity contribution in [1.82, 2.24) is 15.1 Å². The highest BCUT2D eigenvalue weighted by Gasteiger charge is 2.37. The Morgan fingerprint density at radius 1 is 1.11 bits per heavy atom. The fourth-order valence-electron chi connectivity index (χ4n) is 4.10. The number of hydrogen-bond donors (Lipinski definition) is 1. The Labute approximate surface area is 159 Å². The number of benzene rings is 1. The third-order valence-corrected chi connectivity index (χ3v) is 5.71. The molecule has 3 aliphatic rings. The summed E-state index contributed by atoms with van der Waals surface area (Å²) in [4.78, 5) is 28.2. The molecule has 1 aromatic carbocycles. The highest BCUT2D eigenvalue weighted by Crippen LogP contribution is 2.23. The molecule has 1 aromatic rings. The van der Waals surface area contributed by atoms with Crippen molar-refractivity contribution >= 4 is 11.9 Å². The molecule has 3 fully saturated rings. The predicted molar refractivity (Wildman–Crippen MR) is 99.5 cm³/mol. The fraction of sp³-hybridized carbons (Fsp3) is 0.600. The Balaban J connectivity index is 1.23. The van der Waals surface area contributed by atoms with Crippen LogP contribution in [0.2, 0.25) is 0 Å². The van der Waals surface area contributed by atoms with Crippen LogP contribution in [0.1, 0.15) is 19.3 Å². The van der Waals surface area contributed by atoms with Crippen molar-refractivity contribution < 1.29 is 19.1 Å². The molecule has 7 heteroatoms. The van der Waals surface area contributed by atoms with Gasteiger partial charge in [0.2, 0.25) is 5.91 Å². The number of likely N-dealkylation sites (tertiary alicyclic amines) is 2. The van der Waals surface area contributed by atoms with E-state index in [0.29, 0.717) is 25.6 Å². The van der Waals surface area contributed by atoms with Crippen LogP contribution in [0.4, 0.5) is 4.79 Å². The van der Waals surface area contributed by atoms with Gasteiger partial charge in [-0.15, -0.1) is 0 Å². The van der Waals surface area contributed by atoms with Crippen LogP contribution in [0.5, 0.6) is 5.75 Å². The second-order valence-electron chi connectivity index (χ2n) is 7.60. The summed E-state index contributed by atoms with van der Waals surface area (Å²) in [6, 6.07) is 9.85. The average Bonchev–Trinajstić information content (AvgIpc) is 2.72. The molecule has 0 aliphatic carbocycles. The predicted octanol–water partition coefficient (Wildman–Crippen LogP) is 1.49. The number of nitrogens with one attached hydrogen (secondary N) is 1. The van der Waals surface area contributed by atoms with Crippen molar-refractivity contribution in [1.29, 1.82) is 0 Å². The number of amides is 3. The first-order valence-corrected chi connectivity index (χ1v) is 9.82. The van der Waals surface area contributed by atoms with Gasteiger partial charge in [-0.1, -0.05) is 18.2 Å². The molecule has 2 atom stereocenters. The van der Waals surface area contributed by atoms with Gasteiger partial charge in [0, 0.05) is 26.2 Å². The molecule has 3 saturated heterocycles. The van der Waals surface area contributed by atoms with Gasteiger partial charge in [-0.25, -0.2) is 4.79 Å². The van der Waals surface area contributed by atoms with Gasteiger partial charge in [0.25, 0.3) is 0 Å². The number of ether oxygens (including phenoxy) is 2. The standard InChI is InChI=1S/C20H27N3O4/c24-19-14-27-18-8-11-23(12-17(18)21-19)20(25)22-9-6-15(7-10-22)13-26-16-4-2-1-3-5-16/h1-5,15,17-18H,6-14H2,(H,21,24)/t17?,18-/m0/s1. The minimum atomic E-state index is -0.0928. The van der Waals surface area contributed by atoms with Crippen LogP contribution in [0, 0.1) is 5.92 Å². The number of morpholine rings is 1. The van der Waals surface area contributed by atoms with Crippen molar-refractivity contribution in [2.24, 2.45) is 5.92 Å². The maximum absolute atomic E-state index is 12.9. The maximum Gasteiger partial charge on any atom is 0.320 e. The summed E-state index contributed by atoms with van der Waals surface area (Å²) in [7, 11) is 0. The molecule has 0 spiro atoms. The van der Waals surface area contributed by atoms with Crippen molar-refractivity contribution in [3.05, 3.63) is 30.3 Å². The van der Waals surface area contributed by atoms with Gasteiger partial charge in [0.15, 0.2) is 0 Å². The largest absolute Gasteiger partial charge is 0.493 e. The Bertz CT molecular complexity index is 660. The number of para-hydroxylation sites is 1. The average molecular weight is 373 g/mol. The monoisotopic (exact) mass is 373 g/mol. The van der Waals surface area contributed by atoms with E-state index < -0.39 is 0 Å². The van der Waals surface area contributed by atoms with Crippen LogP contribution < -0.4 is 10.1 Å². The quantitative estimate of drug-likeness (QED) is 0.871. The van der Waals surface area contributed by atoms with Crippen LogP contribution >= 0.6 is 0 Å². The lowest BCUT2D eigenvalue weighted by Gasteiger charge is -2.43. The molecule has 3 heterocycles. The van der Waals surface area contributed by atoms with Gasteiger partial charge in [-0.2, -0.15) is 0 Å². The normalized spacial score (nSPS) is 26.3. The van der Waals surface area contributed by atoms with E-state index in [0.717, 1.165) is 38.1 Å². The van der Waals surface area contributed by atoms with E-state index >= 15 is 0 Å². The van der Waals surface area contributed by atoms with Gasteiger partial charge in [-0.05, 0) is 37.3 Å². The third-order valence-electron chi connectivity index (χ3n) is 5.71. The molecule has 0 bridgehead atoms. The smallest absolute Gasteiger partial charge is 0.320 e. The zero-order valence-corrected chi connectivity index (χ0v) is 15.5. The number of carbonyl (C=O) groups is 2. The number of piperidine rings is 2. The number of rotatable bonds is 3. The van der Waals surface area contributed by atoms with E-state index in [1.54, 1.807) is 0 Å². The van der Waals surface area contributed by atoms with E-state index in [1.807, 2.05) is 40.1 Å². The van der Waals surface area contributed by atoms with Crippen molar-refractivity contribution in [2.45, 2.75) is 31.4 Å². The molecule has 0 radical (unpaired) electrons. The lowest BCUT2D eigenvalue weighted by molar-refractivity contribution is -0.139. The van der Waals surface area contributed by atoms with Crippen molar-refractivity contribution in [3.63, 3.8) is 0 Å². The van der Waals surface area contributed by atoms with Crippen LogP contribution in [0.3, 0.4) is 0 Å². The second-order valence-corrected chi connectivity index (χ2v) is 7.60. The first-order chi connectivity index (χ1) is 13.2. The molecular formula is C20H27N3O4. The third kappa shape index (κ3) is 4.35. The molecule has 27 heavy (non-hydrogen) atoms. The molecule has 0 saturated carbocycles. The lowest BCUT2D eigenvalue weighted by atomic mass is 9.97. The SMILES string of the molecule is O=C1CO[C@H]2CCN(C(=O)N3CCC(COc4ccccc4)CC3)CC2N1. The van der Waals surface area contributed by atoms with Gasteiger partial charge < -0.3 is 24.6 Å². The molecule has 3 aliphatic heterocycles. The summed E-state index contributed by atoms with van der Waals surface area (Å²) in [5.74, 6) is 1.28. The van der Waals surface area contributed by atoms with E-state index in [2.05, 4.69) is 5.32 Å². The van der Waals surface area contributed by atoms with Crippen LogP contribution in [0.25, 0.3) is 0 Å². The van der Waals surface area contributed by atoms with Crippen molar-refractivity contribution in [3.8, 4) is 5.75 Å². The first kappa shape index (κ1) is 18.1. The summed E-state index contributed by atoms with van der Waals surface area (Å²) < 4.78 is 11.4. The van der Waals surface area contributed by atoms with Crippen molar-refractivity contribution in [2.75, 3.05) is 39.4 Å². The summed E-state index contributed by atoms with van der Waals surface area (Å²) in [5.41, 5.74) is 0. The number of hydrogen-bond acceptors (Lipinski definition) is 4. The number of carbonyl (C=O) groups excluding carboxylic acids is 2. The van der Waals surface area contributed by atoms with E-state index in [-0.39, 0.29) is 30.7 Å². The molecule has 4 rings (SSSR count). The van der Waals surface area contributed by atoms with Gasteiger partial charge in [-0.3, -0.25) is 4.79 Å². The van der Waals surface area contributed by atoms with Crippen LogP contribution in [0.15, 0.2) is 30.3 Å². The molecule has 146 valence electrons. The second kappa shape index (κ2) is 8.17. The zero-order valence-electron chi connectivity index (χ0n) is 15.5. The molecule has 1 unspecified atom stereocenters. The maximum atomic E-state index is 12.9. The summed E-state index contributed by atoms with van der Waals surface area (Å²) >= 11 is 0. The number of fused-ring (bicyclic) bond motifs is 1. The van der Waals surface area contributed by atoms with Gasteiger partial charge in [0.05, 0.1) is 18.8 Å². The Morgan fingerprint density at radius 3 is 2.63 bits per heavy atom. The highest BCUT2D eigenvalue weighted by atomic mass is 16.5. The lowest BCUT2D eigenvalue weighted by Crippen LogP contribution is -2.62. The Kier molecular flexibility index (Phi) is 5.48. The molecule has 0 aromatic heterocycles. The molecular weight excluding hydrogens is 346 g/mol. The first-order valence-electron chi connectivity index (χ1n) is 9.82. The van der Waals surface area contributed by atoms with E-state index in [9.17, 15) is 9.59 Å². The minimum absolute atomic E-state index is 0.0348. The summed E-state index contributed by atoms with van der Waals surface area (Å²) in [5, 5.41) is 2.95. The molecule has 3 amide bonds. The van der Waals surface area contributed by atoms with E-state index in [4.69, 9.17) is 9.47 Å². The number of urea groups is 1. The molecule has 7 nitrogen and oxygen atoms in total. The molecule has 1 N–H and O–H groups in total. The summed E-state index contributed by atoms with van der Waals surface area (Å²) in [6.45, 7) is 3.57. The fourth-order valence-corrected chi connectivity index (χ4v) is 4.10. The Morgan fingerprint density at radius 2 is 1.85 bits per heavy atom. The van der Waals surface area contributed by atoms with Crippen LogP contribution in [-0.2, 0) is 9.53 Å². The van der Waals surface area contributed by atoms with Crippen LogP contribution in [-0.4, -0.2) is 73.3 Å². The van der Waals surface area contributed by atoms with E-state index in [1.165, 1.54) is 0 Å². The highest BCUT2D eigenvalue weighted by molar-refractivity contribution is 5.79. The van der Waals surface area contributed by atoms with Gasteiger partial charge in [0.1, 0.15) is 12.4 Å².